The average Bonchev–Trinajstić information content (AvgIpc) is 2.92. The quantitative estimate of drug-likeness (QED) is 0.779. The Balaban J connectivity index is 2.24. The summed E-state index contributed by atoms with van der Waals surface area (Å²) in [5.74, 6) is 0.540. The predicted octanol–water partition coefficient (Wildman–Crippen LogP) is 1.56. The zero-order chi connectivity index (χ0) is 14.8. The van der Waals surface area contributed by atoms with Crippen LogP contribution in [-0.4, -0.2) is 18.4 Å². The van der Waals surface area contributed by atoms with Crippen molar-refractivity contribution in [2.24, 2.45) is 5.73 Å². The SMILES string of the molecule is CC(NS(=O)(=O)c1ccc(CN)c(Cl)c1)c1ncc[nH]1. The second-order valence-corrected chi connectivity index (χ2v) is 6.40. The van der Waals surface area contributed by atoms with Gasteiger partial charge in [0.1, 0.15) is 5.82 Å². The van der Waals surface area contributed by atoms with Crippen LogP contribution in [0.5, 0.6) is 0 Å². The highest BCUT2D eigenvalue weighted by atomic mass is 35.5. The molecular formula is C12H15ClN4O2S. The van der Waals surface area contributed by atoms with Crippen molar-refractivity contribution in [1.29, 1.82) is 0 Å². The summed E-state index contributed by atoms with van der Waals surface area (Å²) in [4.78, 5) is 6.97. The molecule has 2 rings (SSSR count). The number of halogens is 1. The summed E-state index contributed by atoms with van der Waals surface area (Å²) in [5.41, 5.74) is 6.19. The first-order valence-electron chi connectivity index (χ1n) is 5.94. The van der Waals surface area contributed by atoms with E-state index in [0.29, 0.717) is 16.4 Å². The Morgan fingerprint density at radius 3 is 2.80 bits per heavy atom. The summed E-state index contributed by atoms with van der Waals surface area (Å²) in [7, 11) is -3.67. The molecule has 1 heterocycles. The number of hydrogen-bond donors (Lipinski definition) is 3. The maximum absolute atomic E-state index is 12.2. The molecule has 0 bridgehead atoms. The Kier molecular flexibility index (Phi) is 4.44. The summed E-state index contributed by atoms with van der Waals surface area (Å²) in [6, 6.07) is 4.00. The lowest BCUT2D eigenvalue weighted by atomic mass is 10.2. The van der Waals surface area contributed by atoms with Crippen LogP contribution in [0.4, 0.5) is 0 Å². The van der Waals surface area contributed by atoms with Crippen molar-refractivity contribution >= 4 is 21.6 Å². The van der Waals surface area contributed by atoms with Gasteiger partial charge in [0.25, 0.3) is 0 Å². The van der Waals surface area contributed by atoms with Crippen LogP contribution < -0.4 is 10.5 Å². The van der Waals surface area contributed by atoms with Gasteiger partial charge in [0.15, 0.2) is 0 Å². The van der Waals surface area contributed by atoms with E-state index < -0.39 is 16.1 Å². The molecule has 0 fully saturated rings. The van der Waals surface area contributed by atoms with Gasteiger partial charge in [-0.2, -0.15) is 0 Å². The van der Waals surface area contributed by atoms with Crippen LogP contribution in [0.25, 0.3) is 0 Å². The topological polar surface area (TPSA) is 101 Å². The second-order valence-electron chi connectivity index (χ2n) is 4.27. The number of aromatic amines is 1. The number of nitrogens with two attached hydrogens (primary N) is 1. The maximum Gasteiger partial charge on any atom is 0.241 e. The first-order chi connectivity index (χ1) is 9.44. The molecular weight excluding hydrogens is 300 g/mol. The summed E-state index contributed by atoms with van der Waals surface area (Å²) >= 11 is 5.98. The van der Waals surface area contributed by atoms with Crippen molar-refractivity contribution in [3.63, 3.8) is 0 Å². The minimum atomic E-state index is -3.67. The lowest BCUT2D eigenvalue weighted by molar-refractivity contribution is 0.561. The predicted molar refractivity (Wildman–Crippen MR) is 76.7 cm³/mol. The zero-order valence-corrected chi connectivity index (χ0v) is 12.4. The number of nitrogens with zero attached hydrogens (tertiary/aromatic N) is 1. The first kappa shape index (κ1) is 15.0. The molecule has 0 saturated carbocycles. The van der Waals surface area contributed by atoms with Crippen LogP contribution >= 0.6 is 11.6 Å². The van der Waals surface area contributed by atoms with Gasteiger partial charge in [-0.05, 0) is 24.6 Å². The molecule has 1 unspecified atom stereocenters. The van der Waals surface area contributed by atoms with Crippen LogP contribution in [0.3, 0.4) is 0 Å². The van der Waals surface area contributed by atoms with Crippen molar-refractivity contribution in [3.8, 4) is 0 Å². The highest BCUT2D eigenvalue weighted by Crippen LogP contribution is 2.21. The number of H-pyrrole nitrogens is 1. The van der Waals surface area contributed by atoms with Crippen molar-refractivity contribution in [2.45, 2.75) is 24.4 Å². The standard InChI is InChI=1S/C12H15ClN4O2S/c1-8(12-15-4-5-16-12)17-20(18,19)10-3-2-9(7-14)11(13)6-10/h2-6,8,17H,7,14H2,1H3,(H,15,16). The van der Waals surface area contributed by atoms with E-state index in [1.165, 1.54) is 12.1 Å². The number of nitrogens with one attached hydrogen (secondary N) is 2. The molecule has 2 aromatic rings. The number of sulfonamides is 1. The normalized spacial score (nSPS) is 13.3. The molecule has 20 heavy (non-hydrogen) atoms. The van der Waals surface area contributed by atoms with E-state index in [1.54, 1.807) is 25.4 Å². The molecule has 0 saturated heterocycles. The maximum atomic E-state index is 12.2. The average molecular weight is 315 g/mol. The Hall–Kier alpha value is -1.41. The van der Waals surface area contributed by atoms with Crippen LogP contribution in [-0.2, 0) is 16.6 Å². The molecule has 0 aliphatic rings. The van der Waals surface area contributed by atoms with Gasteiger partial charge in [0.05, 0.1) is 10.9 Å². The molecule has 108 valence electrons. The van der Waals surface area contributed by atoms with E-state index in [4.69, 9.17) is 17.3 Å². The van der Waals surface area contributed by atoms with Crippen LogP contribution in [0.2, 0.25) is 5.02 Å². The molecule has 0 aliphatic heterocycles. The number of aromatic nitrogens is 2. The molecule has 0 radical (unpaired) electrons. The number of imidazole rings is 1. The number of hydrogen-bond acceptors (Lipinski definition) is 4. The Bertz CT molecular complexity index is 685. The van der Waals surface area contributed by atoms with Gasteiger partial charge in [0.2, 0.25) is 10.0 Å². The van der Waals surface area contributed by atoms with Gasteiger partial charge in [-0.25, -0.2) is 18.1 Å². The monoisotopic (exact) mass is 314 g/mol. The van der Waals surface area contributed by atoms with Crippen molar-refractivity contribution in [1.82, 2.24) is 14.7 Å². The molecule has 0 spiro atoms. The Morgan fingerprint density at radius 1 is 1.50 bits per heavy atom. The molecule has 1 aromatic carbocycles. The van der Waals surface area contributed by atoms with E-state index >= 15 is 0 Å². The zero-order valence-electron chi connectivity index (χ0n) is 10.8. The smallest absolute Gasteiger partial charge is 0.241 e. The van der Waals surface area contributed by atoms with Gasteiger partial charge in [-0.3, -0.25) is 0 Å². The van der Waals surface area contributed by atoms with Gasteiger partial charge in [-0.1, -0.05) is 17.7 Å². The minimum Gasteiger partial charge on any atom is -0.347 e. The molecule has 1 atom stereocenters. The Labute approximate surface area is 122 Å². The molecule has 0 amide bonds. The lowest BCUT2D eigenvalue weighted by Gasteiger charge is -2.13. The molecule has 6 nitrogen and oxygen atoms in total. The third-order valence-corrected chi connectivity index (χ3v) is 4.71. The highest BCUT2D eigenvalue weighted by Gasteiger charge is 2.20. The lowest BCUT2D eigenvalue weighted by Crippen LogP contribution is -2.27. The summed E-state index contributed by atoms with van der Waals surface area (Å²) in [5, 5.41) is 0.334. The van der Waals surface area contributed by atoms with Crippen LogP contribution in [0.15, 0.2) is 35.5 Å². The van der Waals surface area contributed by atoms with Crippen LogP contribution in [0, 0.1) is 0 Å². The number of rotatable bonds is 5. The van der Waals surface area contributed by atoms with E-state index in [9.17, 15) is 8.42 Å². The number of benzene rings is 1. The van der Waals surface area contributed by atoms with Gasteiger partial charge in [0, 0.05) is 24.0 Å². The van der Waals surface area contributed by atoms with Gasteiger partial charge >= 0.3 is 0 Å². The van der Waals surface area contributed by atoms with Gasteiger partial charge < -0.3 is 10.7 Å². The van der Waals surface area contributed by atoms with Crippen molar-refractivity contribution in [3.05, 3.63) is 47.0 Å². The fourth-order valence-electron chi connectivity index (χ4n) is 1.73. The van der Waals surface area contributed by atoms with E-state index in [1.807, 2.05) is 0 Å². The summed E-state index contributed by atoms with van der Waals surface area (Å²) < 4.78 is 27.0. The molecule has 0 aliphatic carbocycles. The summed E-state index contributed by atoms with van der Waals surface area (Å²) in [6.07, 6.45) is 3.19. The first-order valence-corrected chi connectivity index (χ1v) is 7.80. The fourth-order valence-corrected chi connectivity index (χ4v) is 3.29. The van der Waals surface area contributed by atoms with Crippen molar-refractivity contribution < 1.29 is 8.42 Å². The summed E-state index contributed by atoms with van der Waals surface area (Å²) in [6.45, 7) is 1.96. The van der Waals surface area contributed by atoms with Gasteiger partial charge in [-0.15, -0.1) is 0 Å². The van der Waals surface area contributed by atoms with E-state index in [2.05, 4.69) is 14.7 Å². The molecule has 8 heteroatoms. The largest absolute Gasteiger partial charge is 0.347 e. The Morgan fingerprint density at radius 2 is 2.25 bits per heavy atom. The highest BCUT2D eigenvalue weighted by molar-refractivity contribution is 7.89. The third kappa shape index (κ3) is 3.18. The second kappa shape index (κ2) is 5.92. The third-order valence-electron chi connectivity index (χ3n) is 2.82. The van der Waals surface area contributed by atoms with Crippen LogP contribution in [0.1, 0.15) is 24.4 Å². The molecule has 1 aromatic heterocycles. The molecule has 4 N–H and O–H groups in total. The minimum absolute atomic E-state index is 0.0955. The van der Waals surface area contributed by atoms with E-state index in [0.717, 1.165) is 0 Å². The van der Waals surface area contributed by atoms with Crippen molar-refractivity contribution in [2.75, 3.05) is 0 Å². The fraction of sp³-hybridized carbons (Fsp3) is 0.250. The van der Waals surface area contributed by atoms with E-state index in [-0.39, 0.29) is 11.4 Å².